The SMILES string of the molecule is COc1ccccc1/C=C/CN1CC[C@]2(CCCN(CC3CCC3)C2=O)C1. The fourth-order valence-corrected chi connectivity index (χ4v) is 4.94. The number of carbonyl (C=O) groups excluding carboxylic acids is 1. The summed E-state index contributed by atoms with van der Waals surface area (Å²) in [5.74, 6) is 2.11. The van der Waals surface area contributed by atoms with Crippen LogP contribution in [-0.4, -0.2) is 55.5 Å². The van der Waals surface area contributed by atoms with Gasteiger partial charge >= 0.3 is 0 Å². The third kappa shape index (κ3) is 3.91. The molecule has 1 aromatic carbocycles. The standard InChI is InChI=1S/C23H32N2O2/c1-27-21-11-3-2-9-20(21)10-5-14-24-16-13-23(18-24)12-6-15-25(22(23)26)17-19-7-4-8-19/h2-3,5,9-11,19H,4,6-8,12-18H2,1H3/b10-5+/t23-/m1/s1. The minimum Gasteiger partial charge on any atom is -0.496 e. The molecule has 0 N–H and O–H groups in total. The maximum Gasteiger partial charge on any atom is 0.230 e. The van der Waals surface area contributed by atoms with E-state index in [0.717, 1.165) is 62.8 Å². The van der Waals surface area contributed by atoms with E-state index in [0.29, 0.717) is 5.91 Å². The molecule has 0 unspecified atom stereocenters. The molecule has 146 valence electrons. The maximum absolute atomic E-state index is 13.2. The number of ether oxygens (including phenoxy) is 1. The van der Waals surface area contributed by atoms with Crippen LogP contribution < -0.4 is 4.74 Å². The Morgan fingerprint density at radius 1 is 1.19 bits per heavy atom. The Morgan fingerprint density at radius 3 is 2.81 bits per heavy atom. The minimum atomic E-state index is -0.111. The van der Waals surface area contributed by atoms with Crippen LogP contribution in [0.5, 0.6) is 5.75 Å². The Balaban J connectivity index is 1.34. The number of methoxy groups -OCH3 is 1. The van der Waals surface area contributed by atoms with Crippen molar-refractivity contribution in [2.45, 2.75) is 38.5 Å². The first-order valence-electron chi connectivity index (χ1n) is 10.5. The molecule has 27 heavy (non-hydrogen) atoms. The van der Waals surface area contributed by atoms with E-state index < -0.39 is 0 Å². The first kappa shape index (κ1) is 18.5. The second-order valence-corrected chi connectivity index (χ2v) is 8.56. The summed E-state index contributed by atoms with van der Waals surface area (Å²) in [6.07, 6.45) is 11.6. The highest BCUT2D eigenvalue weighted by Crippen LogP contribution is 2.41. The van der Waals surface area contributed by atoms with Crippen LogP contribution in [0, 0.1) is 11.3 Å². The zero-order valence-electron chi connectivity index (χ0n) is 16.5. The summed E-state index contributed by atoms with van der Waals surface area (Å²) in [4.78, 5) is 17.9. The van der Waals surface area contributed by atoms with Crippen molar-refractivity contribution in [2.24, 2.45) is 11.3 Å². The lowest BCUT2D eigenvalue weighted by Crippen LogP contribution is -2.51. The van der Waals surface area contributed by atoms with E-state index in [-0.39, 0.29) is 5.41 Å². The van der Waals surface area contributed by atoms with Gasteiger partial charge in [0.05, 0.1) is 12.5 Å². The number of rotatable bonds is 6. The molecule has 4 nitrogen and oxygen atoms in total. The molecule has 1 atom stereocenters. The van der Waals surface area contributed by atoms with E-state index in [2.05, 4.69) is 28.0 Å². The monoisotopic (exact) mass is 368 g/mol. The van der Waals surface area contributed by atoms with Gasteiger partial charge in [0.2, 0.25) is 5.91 Å². The molecule has 1 aromatic rings. The van der Waals surface area contributed by atoms with E-state index >= 15 is 0 Å². The Morgan fingerprint density at radius 2 is 2.04 bits per heavy atom. The molecule has 2 aliphatic heterocycles. The zero-order valence-corrected chi connectivity index (χ0v) is 16.5. The summed E-state index contributed by atoms with van der Waals surface area (Å²) in [7, 11) is 1.71. The highest BCUT2D eigenvalue weighted by Gasteiger charge is 2.48. The van der Waals surface area contributed by atoms with Crippen LogP contribution in [0.2, 0.25) is 0 Å². The van der Waals surface area contributed by atoms with E-state index in [9.17, 15) is 4.79 Å². The Kier molecular flexibility index (Phi) is 5.53. The average Bonchev–Trinajstić information content (AvgIpc) is 3.06. The summed E-state index contributed by atoms with van der Waals surface area (Å²) < 4.78 is 5.41. The Bertz CT molecular complexity index is 697. The third-order valence-corrected chi connectivity index (χ3v) is 6.76. The Labute approximate surface area is 163 Å². The van der Waals surface area contributed by atoms with Gasteiger partial charge in [-0.05, 0) is 50.6 Å². The predicted octanol–water partition coefficient (Wildman–Crippen LogP) is 3.82. The molecule has 3 aliphatic rings. The van der Waals surface area contributed by atoms with Crippen molar-refractivity contribution in [3.8, 4) is 5.75 Å². The zero-order chi connectivity index (χ0) is 18.7. The van der Waals surface area contributed by atoms with Crippen molar-refractivity contribution in [1.29, 1.82) is 0 Å². The number of carbonyl (C=O) groups is 1. The van der Waals surface area contributed by atoms with Gasteiger partial charge in [-0.25, -0.2) is 0 Å². The van der Waals surface area contributed by atoms with Gasteiger partial charge < -0.3 is 9.64 Å². The predicted molar refractivity (Wildman–Crippen MR) is 109 cm³/mol. The van der Waals surface area contributed by atoms with Gasteiger partial charge in [0.25, 0.3) is 0 Å². The van der Waals surface area contributed by atoms with E-state index in [1.165, 1.54) is 25.7 Å². The summed E-state index contributed by atoms with van der Waals surface area (Å²) >= 11 is 0. The van der Waals surface area contributed by atoms with Gasteiger partial charge in [-0.3, -0.25) is 9.69 Å². The molecule has 4 heteroatoms. The second-order valence-electron chi connectivity index (χ2n) is 8.56. The van der Waals surface area contributed by atoms with Crippen molar-refractivity contribution in [2.75, 3.05) is 39.8 Å². The minimum absolute atomic E-state index is 0.111. The normalized spacial score (nSPS) is 26.9. The largest absolute Gasteiger partial charge is 0.496 e. The number of benzene rings is 1. The number of hydrogen-bond acceptors (Lipinski definition) is 3. The van der Waals surface area contributed by atoms with Crippen molar-refractivity contribution < 1.29 is 9.53 Å². The van der Waals surface area contributed by atoms with Crippen LogP contribution in [0.15, 0.2) is 30.3 Å². The lowest BCUT2D eigenvalue weighted by Gasteiger charge is -2.42. The number of amides is 1. The molecule has 2 saturated heterocycles. The lowest BCUT2D eigenvalue weighted by atomic mass is 9.77. The quantitative estimate of drug-likeness (QED) is 0.765. The molecular formula is C23H32N2O2. The number of hydrogen-bond donors (Lipinski definition) is 0. The number of likely N-dealkylation sites (tertiary alicyclic amines) is 2. The van der Waals surface area contributed by atoms with Crippen molar-refractivity contribution in [3.63, 3.8) is 0 Å². The van der Waals surface area contributed by atoms with Gasteiger partial charge in [-0.2, -0.15) is 0 Å². The number of para-hydroxylation sites is 1. The van der Waals surface area contributed by atoms with E-state index in [4.69, 9.17) is 4.74 Å². The van der Waals surface area contributed by atoms with Crippen molar-refractivity contribution in [3.05, 3.63) is 35.9 Å². The van der Waals surface area contributed by atoms with Crippen LogP contribution >= 0.6 is 0 Å². The second kappa shape index (κ2) is 8.05. The fraction of sp³-hybridized carbons (Fsp3) is 0.609. The van der Waals surface area contributed by atoms with Crippen LogP contribution in [0.1, 0.15) is 44.1 Å². The van der Waals surface area contributed by atoms with Gasteiger partial charge in [-0.1, -0.05) is 36.8 Å². The van der Waals surface area contributed by atoms with Gasteiger partial charge in [0, 0.05) is 31.7 Å². The van der Waals surface area contributed by atoms with Crippen molar-refractivity contribution in [1.82, 2.24) is 9.80 Å². The van der Waals surface area contributed by atoms with E-state index in [1.54, 1.807) is 7.11 Å². The van der Waals surface area contributed by atoms with Crippen molar-refractivity contribution >= 4 is 12.0 Å². The maximum atomic E-state index is 13.2. The van der Waals surface area contributed by atoms with Crippen LogP contribution in [0.3, 0.4) is 0 Å². The molecule has 0 aromatic heterocycles. The molecule has 1 spiro atoms. The van der Waals surface area contributed by atoms with Crippen LogP contribution in [0.25, 0.3) is 6.08 Å². The highest BCUT2D eigenvalue weighted by atomic mass is 16.5. The molecule has 1 amide bonds. The molecule has 1 aliphatic carbocycles. The molecule has 0 radical (unpaired) electrons. The highest BCUT2D eigenvalue weighted by molar-refractivity contribution is 5.84. The smallest absolute Gasteiger partial charge is 0.230 e. The first-order chi connectivity index (χ1) is 13.2. The summed E-state index contributed by atoms with van der Waals surface area (Å²) in [6.45, 7) is 4.83. The molecule has 4 rings (SSSR count). The lowest BCUT2D eigenvalue weighted by molar-refractivity contribution is -0.146. The topological polar surface area (TPSA) is 32.8 Å². The van der Waals surface area contributed by atoms with Gasteiger partial charge in [0.15, 0.2) is 0 Å². The molecular weight excluding hydrogens is 336 g/mol. The summed E-state index contributed by atoms with van der Waals surface area (Å²) in [5, 5.41) is 0. The van der Waals surface area contributed by atoms with Gasteiger partial charge in [-0.15, -0.1) is 0 Å². The molecule has 2 heterocycles. The van der Waals surface area contributed by atoms with Crippen LogP contribution in [0.4, 0.5) is 0 Å². The fourth-order valence-electron chi connectivity index (χ4n) is 4.94. The third-order valence-electron chi connectivity index (χ3n) is 6.76. The first-order valence-corrected chi connectivity index (χ1v) is 10.5. The molecule has 3 fully saturated rings. The number of piperidine rings is 1. The van der Waals surface area contributed by atoms with Gasteiger partial charge in [0.1, 0.15) is 5.75 Å². The van der Waals surface area contributed by atoms with Crippen LogP contribution in [-0.2, 0) is 4.79 Å². The molecule has 1 saturated carbocycles. The number of nitrogens with zero attached hydrogens (tertiary/aromatic N) is 2. The van der Waals surface area contributed by atoms with E-state index in [1.807, 2.05) is 18.2 Å². The summed E-state index contributed by atoms with van der Waals surface area (Å²) in [6, 6.07) is 8.08. The average molecular weight is 369 g/mol. The Hall–Kier alpha value is -1.81. The molecule has 0 bridgehead atoms. The summed E-state index contributed by atoms with van der Waals surface area (Å²) in [5.41, 5.74) is 0.995.